The maximum absolute atomic E-state index is 11.1. The van der Waals surface area contributed by atoms with E-state index in [0.717, 1.165) is 5.56 Å². The van der Waals surface area contributed by atoms with Crippen molar-refractivity contribution < 1.29 is 9.90 Å². The minimum atomic E-state index is -0.759. The molecule has 0 amide bonds. The van der Waals surface area contributed by atoms with E-state index in [-0.39, 0.29) is 5.92 Å². The standard InChI is InChI=1S/C12H17Cl2NO2S/c1-7(2)3-9(12(16)17)6-15-5-8-4-10(13)18-11(8)14/h4,7,9,15H,3,5-6H2,1-2H3,(H,16,17). The third-order valence-electron chi connectivity index (χ3n) is 2.54. The van der Waals surface area contributed by atoms with Crippen LogP contribution in [-0.2, 0) is 11.3 Å². The van der Waals surface area contributed by atoms with Gasteiger partial charge in [0.2, 0.25) is 0 Å². The molecule has 0 saturated heterocycles. The minimum Gasteiger partial charge on any atom is -0.481 e. The first kappa shape index (κ1) is 15.8. The van der Waals surface area contributed by atoms with E-state index in [4.69, 9.17) is 28.3 Å². The highest BCUT2D eigenvalue weighted by Crippen LogP contribution is 2.30. The van der Waals surface area contributed by atoms with E-state index in [0.29, 0.717) is 34.1 Å². The van der Waals surface area contributed by atoms with Gasteiger partial charge in [-0.1, -0.05) is 37.0 Å². The van der Waals surface area contributed by atoms with Crippen LogP contribution < -0.4 is 5.32 Å². The number of carbonyl (C=O) groups is 1. The summed E-state index contributed by atoms with van der Waals surface area (Å²) in [6.07, 6.45) is 0.667. The van der Waals surface area contributed by atoms with Crippen molar-refractivity contribution in [2.24, 2.45) is 11.8 Å². The second-order valence-electron chi connectivity index (χ2n) is 4.65. The van der Waals surface area contributed by atoms with Gasteiger partial charge in [-0.3, -0.25) is 4.79 Å². The molecule has 0 aliphatic rings. The first-order valence-corrected chi connectivity index (χ1v) is 7.34. The monoisotopic (exact) mass is 309 g/mol. The number of carboxylic acid groups (broad SMARTS) is 1. The van der Waals surface area contributed by atoms with Gasteiger partial charge in [0.15, 0.2) is 0 Å². The molecular weight excluding hydrogens is 293 g/mol. The molecule has 1 rings (SSSR count). The van der Waals surface area contributed by atoms with E-state index >= 15 is 0 Å². The molecule has 1 heterocycles. The number of aliphatic carboxylic acids is 1. The summed E-state index contributed by atoms with van der Waals surface area (Å²) in [6, 6.07) is 1.81. The molecular formula is C12H17Cl2NO2S. The smallest absolute Gasteiger partial charge is 0.307 e. The molecule has 1 unspecified atom stereocenters. The number of nitrogens with one attached hydrogen (secondary N) is 1. The topological polar surface area (TPSA) is 49.3 Å². The number of halogens is 2. The molecule has 102 valence electrons. The van der Waals surface area contributed by atoms with E-state index in [1.165, 1.54) is 11.3 Å². The predicted octanol–water partition coefficient (Wildman–Crippen LogP) is 3.89. The van der Waals surface area contributed by atoms with Crippen LogP contribution in [0, 0.1) is 11.8 Å². The third kappa shape index (κ3) is 5.14. The fourth-order valence-electron chi connectivity index (χ4n) is 1.72. The Kier molecular flexibility index (Phi) is 6.43. The second-order valence-corrected chi connectivity index (χ2v) is 6.93. The minimum absolute atomic E-state index is 0.363. The van der Waals surface area contributed by atoms with Gasteiger partial charge in [0.05, 0.1) is 14.6 Å². The molecule has 1 aromatic heterocycles. The molecule has 2 N–H and O–H groups in total. The molecule has 3 nitrogen and oxygen atoms in total. The Morgan fingerprint density at radius 1 is 1.50 bits per heavy atom. The maximum atomic E-state index is 11.1. The molecule has 0 fully saturated rings. The number of rotatable bonds is 7. The fraction of sp³-hybridized carbons (Fsp3) is 0.583. The van der Waals surface area contributed by atoms with Crippen molar-refractivity contribution in [3.8, 4) is 0 Å². The van der Waals surface area contributed by atoms with Crippen LogP contribution in [0.2, 0.25) is 8.67 Å². The summed E-state index contributed by atoms with van der Waals surface area (Å²) in [6.45, 7) is 5.03. The van der Waals surface area contributed by atoms with Crippen LogP contribution in [0.3, 0.4) is 0 Å². The van der Waals surface area contributed by atoms with Gasteiger partial charge >= 0.3 is 5.97 Å². The average molecular weight is 310 g/mol. The Hall–Kier alpha value is -0.290. The lowest BCUT2D eigenvalue weighted by atomic mass is 9.97. The lowest BCUT2D eigenvalue weighted by Crippen LogP contribution is -2.29. The quantitative estimate of drug-likeness (QED) is 0.803. The Morgan fingerprint density at radius 2 is 2.17 bits per heavy atom. The zero-order chi connectivity index (χ0) is 13.7. The van der Waals surface area contributed by atoms with Crippen molar-refractivity contribution in [1.29, 1.82) is 0 Å². The Bertz CT molecular complexity index is 407. The number of hydrogen-bond acceptors (Lipinski definition) is 3. The molecule has 0 bridgehead atoms. The molecule has 18 heavy (non-hydrogen) atoms. The van der Waals surface area contributed by atoms with Crippen LogP contribution in [0.4, 0.5) is 0 Å². The molecule has 1 atom stereocenters. The summed E-state index contributed by atoms with van der Waals surface area (Å²) >= 11 is 13.1. The van der Waals surface area contributed by atoms with E-state index in [9.17, 15) is 4.79 Å². The van der Waals surface area contributed by atoms with Crippen molar-refractivity contribution in [3.05, 3.63) is 20.3 Å². The molecule has 0 aliphatic carbocycles. The fourth-order valence-corrected chi connectivity index (χ4v) is 3.20. The first-order chi connectivity index (χ1) is 8.40. The summed E-state index contributed by atoms with van der Waals surface area (Å²) in [4.78, 5) is 11.1. The van der Waals surface area contributed by atoms with Crippen molar-refractivity contribution in [2.75, 3.05) is 6.54 Å². The summed E-state index contributed by atoms with van der Waals surface area (Å²) in [7, 11) is 0. The number of hydrogen-bond donors (Lipinski definition) is 2. The van der Waals surface area contributed by atoms with Gasteiger partial charge in [-0.25, -0.2) is 0 Å². The van der Waals surface area contributed by atoms with Crippen molar-refractivity contribution in [1.82, 2.24) is 5.32 Å². The van der Waals surface area contributed by atoms with Crippen LogP contribution in [0.25, 0.3) is 0 Å². The van der Waals surface area contributed by atoms with Crippen LogP contribution >= 0.6 is 34.5 Å². The third-order valence-corrected chi connectivity index (χ3v) is 4.11. The largest absolute Gasteiger partial charge is 0.481 e. The molecule has 6 heteroatoms. The van der Waals surface area contributed by atoms with Crippen molar-refractivity contribution in [3.63, 3.8) is 0 Å². The summed E-state index contributed by atoms with van der Waals surface area (Å²) in [5.41, 5.74) is 0.917. The normalized spacial score (nSPS) is 12.9. The highest BCUT2D eigenvalue weighted by Gasteiger charge is 2.18. The van der Waals surface area contributed by atoms with E-state index in [1.54, 1.807) is 6.07 Å². The molecule has 0 spiro atoms. The molecule has 1 aromatic rings. The lowest BCUT2D eigenvalue weighted by Gasteiger charge is -2.15. The van der Waals surface area contributed by atoms with Crippen molar-refractivity contribution in [2.45, 2.75) is 26.8 Å². The predicted molar refractivity (Wildman–Crippen MR) is 76.6 cm³/mol. The zero-order valence-corrected chi connectivity index (χ0v) is 12.7. The van der Waals surface area contributed by atoms with Gasteiger partial charge in [-0.15, -0.1) is 11.3 Å². The van der Waals surface area contributed by atoms with Gasteiger partial charge in [-0.2, -0.15) is 0 Å². The molecule has 0 saturated carbocycles. The molecule has 0 radical (unpaired) electrons. The van der Waals surface area contributed by atoms with Gasteiger partial charge in [0, 0.05) is 13.1 Å². The molecule has 0 aliphatic heterocycles. The Labute approximate surface area is 121 Å². The van der Waals surface area contributed by atoms with Crippen LogP contribution in [0.5, 0.6) is 0 Å². The maximum Gasteiger partial charge on any atom is 0.307 e. The first-order valence-electron chi connectivity index (χ1n) is 5.77. The van der Waals surface area contributed by atoms with Crippen LogP contribution in [0.1, 0.15) is 25.8 Å². The Morgan fingerprint density at radius 3 is 2.61 bits per heavy atom. The van der Waals surface area contributed by atoms with Gasteiger partial charge in [-0.05, 0) is 24.0 Å². The van der Waals surface area contributed by atoms with E-state index in [1.807, 2.05) is 13.8 Å². The molecule has 0 aromatic carbocycles. The lowest BCUT2D eigenvalue weighted by molar-refractivity contribution is -0.142. The summed E-state index contributed by atoms with van der Waals surface area (Å²) in [5.74, 6) is -0.754. The second kappa shape index (κ2) is 7.34. The van der Waals surface area contributed by atoms with Gasteiger partial charge in [0.1, 0.15) is 0 Å². The SMILES string of the molecule is CC(C)CC(CNCc1cc(Cl)sc1Cl)C(=O)O. The van der Waals surface area contributed by atoms with E-state index in [2.05, 4.69) is 5.32 Å². The number of thiophene rings is 1. The summed E-state index contributed by atoms with van der Waals surface area (Å²) < 4.78 is 1.30. The van der Waals surface area contributed by atoms with Gasteiger partial charge in [0.25, 0.3) is 0 Å². The Balaban J connectivity index is 2.43. The number of carboxylic acids is 1. The van der Waals surface area contributed by atoms with Gasteiger partial charge < -0.3 is 10.4 Å². The summed E-state index contributed by atoms with van der Waals surface area (Å²) in [5, 5.41) is 12.2. The average Bonchev–Trinajstić information content (AvgIpc) is 2.55. The highest BCUT2D eigenvalue weighted by molar-refractivity contribution is 7.20. The highest BCUT2D eigenvalue weighted by atomic mass is 35.5. The van der Waals surface area contributed by atoms with E-state index < -0.39 is 5.97 Å². The zero-order valence-electron chi connectivity index (χ0n) is 10.4. The van der Waals surface area contributed by atoms with Crippen LogP contribution in [-0.4, -0.2) is 17.6 Å². The van der Waals surface area contributed by atoms with Crippen LogP contribution in [0.15, 0.2) is 6.07 Å². The van der Waals surface area contributed by atoms with Crippen molar-refractivity contribution >= 4 is 40.5 Å².